The van der Waals surface area contributed by atoms with E-state index < -0.39 is 0 Å². The van der Waals surface area contributed by atoms with Crippen LogP contribution in [0.25, 0.3) is 0 Å². The van der Waals surface area contributed by atoms with E-state index in [1.165, 1.54) is 0 Å². The van der Waals surface area contributed by atoms with Crippen LogP contribution in [0, 0.1) is 0 Å². The molecule has 1 aromatic rings. The van der Waals surface area contributed by atoms with Crippen LogP contribution in [0.4, 0.5) is 5.69 Å². The zero-order valence-corrected chi connectivity index (χ0v) is 12.6. The van der Waals surface area contributed by atoms with Gasteiger partial charge in [0.15, 0.2) is 0 Å². The average molecular weight is 301 g/mol. The molecule has 0 saturated carbocycles. The smallest absolute Gasteiger partial charge is 0.325 e. The third-order valence-corrected chi connectivity index (χ3v) is 3.12. The van der Waals surface area contributed by atoms with Gasteiger partial charge in [0.2, 0.25) is 0 Å². The third-order valence-electron chi connectivity index (χ3n) is 2.59. The van der Waals surface area contributed by atoms with Crippen LogP contribution in [0.3, 0.4) is 0 Å². The zero-order chi connectivity index (χ0) is 14.4. The van der Waals surface area contributed by atoms with Gasteiger partial charge in [-0.05, 0) is 32.0 Å². The van der Waals surface area contributed by atoms with Crippen molar-refractivity contribution in [2.24, 2.45) is 5.73 Å². The molecule has 104 valence electrons. The summed E-state index contributed by atoms with van der Waals surface area (Å²) in [5, 5.41) is 0.479. The van der Waals surface area contributed by atoms with Gasteiger partial charge < -0.3 is 15.4 Å². The van der Waals surface area contributed by atoms with E-state index in [2.05, 4.69) is 0 Å². The van der Waals surface area contributed by atoms with E-state index in [-0.39, 0.29) is 17.5 Å². The monoisotopic (exact) mass is 300 g/mol. The minimum absolute atomic E-state index is 0.188. The molecule has 1 aromatic carbocycles. The molecule has 0 amide bonds. The molecular weight excluding hydrogens is 284 g/mol. The fourth-order valence-electron chi connectivity index (χ4n) is 1.65. The van der Waals surface area contributed by atoms with Gasteiger partial charge >= 0.3 is 5.97 Å². The Bertz CT molecular complexity index is 480. The highest BCUT2D eigenvalue weighted by atomic mass is 35.5. The van der Waals surface area contributed by atoms with Crippen molar-refractivity contribution in [1.29, 1.82) is 0 Å². The lowest BCUT2D eigenvalue weighted by Gasteiger charge is -2.22. The molecule has 1 rings (SSSR count). The van der Waals surface area contributed by atoms with Gasteiger partial charge in [-0.2, -0.15) is 0 Å². The highest BCUT2D eigenvalue weighted by molar-refractivity contribution is 7.80. The van der Waals surface area contributed by atoms with E-state index in [1.54, 1.807) is 19.1 Å². The molecule has 0 spiro atoms. The topological polar surface area (TPSA) is 55.6 Å². The van der Waals surface area contributed by atoms with Gasteiger partial charge in [0.1, 0.15) is 11.5 Å². The molecule has 4 nitrogen and oxygen atoms in total. The molecule has 0 aliphatic carbocycles. The molecule has 0 radical (unpaired) electrons. The minimum atomic E-state index is -0.265. The number of benzene rings is 1. The van der Waals surface area contributed by atoms with Crippen LogP contribution in [-0.2, 0) is 9.53 Å². The average Bonchev–Trinajstić information content (AvgIpc) is 2.35. The van der Waals surface area contributed by atoms with Crippen LogP contribution < -0.4 is 10.6 Å². The number of halogens is 1. The molecule has 6 heteroatoms. The maximum atomic E-state index is 11.5. The number of rotatable bonds is 6. The van der Waals surface area contributed by atoms with Crippen molar-refractivity contribution in [2.75, 3.05) is 24.6 Å². The lowest BCUT2D eigenvalue weighted by Crippen LogP contribution is -2.30. The van der Waals surface area contributed by atoms with Crippen molar-refractivity contribution in [3.63, 3.8) is 0 Å². The SMILES string of the molecule is CCOC(=O)CN(CC)c1ccc(C(N)=S)c(Cl)c1. The molecule has 0 heterocycles. The van der Waals surface area contributed by atoms with Crippen LogP contribution in [0.1, 0.15) is 19.4 Å². The van der Waals surface area contributed by atoms with E-state index >= 15 is 0 Å². The van der Waals surface area contributed by atoms with E-state index in [1.807, 2.05) is 17.9 Å². The lowest BCUT2D eigenvalue weighted by atomic mass is 10.2. The number of thiocarbonyl (C=S) groups is 1. The molecule has 0 saturated heterocycles. The summed E-state index contributed by atoms with van der Waals surface area (Å²) in [6.45, 7) is 4.96. The Balaban J connectivity index is 2.90. The number of likely N-dealkylation sites (N-methyl/N-ethyl adjacent to an activating group) is 1. The molecule has 0 aliphatic heterocycles. The zero-order valence-electron chi connectivity index (χ0n) is 11.0. The molecule has 0 fully saturated rings. The lowest BCUT2D eigenvalue weighted by molar-refractivity contribution is -0.141. The van der Waals surface area contributed by atoms with Crippen LogP contribution >= 0.6 is 23.8 Å². The number of carbonyl (C=O) groups is 1. The summed E-state index contributed by atoms with van der Waals surface area (Å²) in [5.74, 6) is -0.265. The number of anilines is 1. The third kappa shape index (κ3) is 4.36. The van der Waals surface area contributed by atoms with Crippen LogP contribution in [-0.4, -0.2) is 30.7 Å². The normalized spacial score (nSPS) is 10.1. The Morgan fingerprint density at radius 3 is 2.63 bits per heavy atom. The first-order chi connectivity index (χ1) is 8.99. The van der Waals surface area contributed by atoms with Crippen molar-refractivity contribution in [3.8, 4) is 0 Å². The second kappa shape index (κ2) is 7.31. The highest BCUT2D eigenvalue weighted by Crippen LogP contribution is 2.23. The summed E-state index contributed by atoms with van der Waals surface area (Å²) < 4.78 is 4.93. The summed E-state index contributed by atoms with van der Waals surface area (Å²) in [7, 11) is 0. The molecular formula is C13H17ClN2O2S. The van der Waals surface area contributed by atoms with Crippen LogP contribution in [0.5, 0.6) is 0 Å². The predicted octanol–water partition coefficient (Wildman–Crippen LogP) is 2.36. The maximum Gasteiger partial charge on any atom is 0.325 e. The summed E-state index contributed by atoms with van der Waals surface area (Å²) in [6.07, 6.45) is 0. The van der Waals surface area contributed by atoms with Crippen molar-refractivity contribution < 1.29 is 9.53 Å². The van der Waals surface area contributed by atoms with E-state index in [0.29, 0.717) is 23.7 Å². The largest absolute Gasteiger partial charge is 0.465 e. The number of hydrogen-bond acceptors (Lipinski definition) is 4. The Kier molecular flexibility index (Phi) is 6.05. The first-order valence-corrected chi connectivity index (χ1v) is 6.78. The molecule has 0 aliphatic rings. The van der Waals surface area contributed by atoms with Crippen molar-refractivity contribution in [2.45, 2.75) is 13.8 Å². The highest BCUT2D eigenvalue weighted by Gasteiger charge is 2.12. The van der Waals surface area contributed by atoms with Crippen molar-refractivity contribution in [1.82, 2.24) is 0 Å². The Hall–Kier alpha value is -1.33. The van der Waals surface area contributed by atoms with Gasteiger partial charge in [-0.15, -0.1) is 0 Å². The fraction of sp³-hybridized carbons (Fsp3) is 0.385. The number of esters is 1. The van der Waals surface area contributed by atoms with Gasteiger partial charge in [-0.3, -0.25) is 4.79 Å². The second-order valence-electron chi connectivity index (χ2n) is 3.85. The number of nitrogens with zero attached hydrogens (tertiary/aromatic N) is 1. The first kappa shape index (κ1) is 15.7. The van der Waals surface area contributed by atoms with Crippen LogP contribution in [0.2, 0.25) is 5.02 Å². The number of ether oxygens (including phenoxy) is 1. The summed E-state index contributed by atoms with van der Waals surface area (Å²) in [4.78, 5) is 13.6. The molecule has 0 bridgehead atoms. The predicted molar refractivity (Wildman–Crippen MR) is 81.9 cm³/mol. The van der Waals surface area contributed by atoms with Crippen LogP contribution in [0.15, 0.2) is 18.2 Å². The Morgan fingerprint density at radius 2 is 2.16 bits per heavy atom. The van der Waals surface area contributed by atoms with Gasteiger partial charge in [-0.25, -0.2) is 0 Å². The minimum Gasteiger partial charge on any atom is -0.465 e. The molecule has 0 unspecified atom stereocenters. The molecule has 2 N–H and O–H groups in total. The van der Waals surface area contributed by atoms with Gasteiger partial charge in [-0.1, -0.05) is 23.8 Å². The van der Waals surface area contributed by atoms with E-state index in [9.17, 15) is 4.79 Å². The maximum absolute atomic E-state index is 11.5. The van der Waals surface area contributed by atoms with Crippen molar-refractivity contribution in [3.05, 3.63) is 28.8 Å². The molecule has 19 heavy (non-hydrogen) atoms. The second-order valence-corrected chi connectivity index (χ2v) is 4.69. The first-order valence-electron chi connectivity index (χ1n) is 5.99. The number of hydrogen-bond donors (Lipinski definition) is 1. The quantitative estimate of drug-likeness (QED) is 0.646. The Morgan fingerprint density at radius 1 is 1.47 bits per heavy atom. The van der Waals surface area contributed by atoms with Gasteiger partial charge in [0.05, 0.1) is 11.6 Å². The van der Waals surface area contributed by atoms with E-state index in [4.69, 9.17) is 34.3 Å². The summed E-state index contributed by atoms with van der Waals surface area (Å²) in [6, 6.07) is 5.34. The van der Waals surface area contributed by atoms with Gasteiger partial charge in [0, 0.05) is 17.8 Å². The fourth-order valence-corrected chi connectivity index (χ4v) is 2.16. The number of carbonyl (C=O) groups excluding carboxylic acids is 1. The molecule has 0 atom stereocenters. The van der Waals surface area contributed by atoms with Gasteiger partial charge in [0.25, 0.3) is 0 Å². The summed E-state index contributed by atoms with van der Waals surface area (Å²) in [5.41, 5.74) is 7.02. The number of nitrogens with two attached hydrogens (primary N) is 1. The van der Waals surface area contributed by atoms with Crippen molar-refractivity contribution >= 4 is 40.5 Å². The molecule has 0 aromatic heterocycles. The standard InChI is InChI=1S/C13H17ClN2O2S/c1-3-16(8-12(17)18-4-2)9-5-6-10(13(15)19)11(14)7-9/h5-7H,3-4,8H2,1-2H3,(H2,15,19). The summed E-state index contributed by atoms with van der Waals surface area (Å²) >= 11 is 11.0. The van der Waals surface area contributed by atoms with E-state index in [0.717, 1.165) is 5.69 Å². The Labute approximate surface area is 123 Å².